The Morgan fingerprint density at radius 3 is 2.52 bits per heavy atom. The Morgan fingerprint density at radius 1 is 1.32 bits per heavy atom. The van der Waals surface area contributed by atoms with Crippen LogP contribution >= 0.6 is 0 Å². The van der Waals surface area contributed by atoms with Crippen molar-refractivity contribution in [1.29, 1.82) is 0 Å². The number of carbonyl (C=O) groups is 1. The van der Waals surface area contributed by atoms with E-state index in [4.69, 9.17) is 4.74 Å². The quantitative estimate of drug-likeness (QED) is 0.822. The van der Waals surface area contributed by atoms with Gasteiger partial charge in [0.25, 0.3) is 10.2 Å². The van der Waals surface area contributed by atoms with Crippen LogP contribution in [0.1, 0.15) is 31.4 Å². The van der Waals surface area contributed by atoms with E-state index in [-0.39, 0.29) is 24.4 Å². The molecule has 25 heavy (non-hydrogen) atoms. The highest BCUT2D eigenvalue weighted by Crippen LogP contribution is 2.22. The summed E-state index contributed by atoms with van der Waals surface area (Å²) >= 11 is 0. The summed E-state index contributed by atoms with van der Waals surface area (Å²) in [6.07, 6.45) is 1.38. The van der Waals surface area contributed by atoms with Crippen LogP contribution in [0.2, 0.25) is 0 Å². The molecule has 1 aromatic carbocycles. The molecule has 1 aliphatic rings. The van der Waals surface area contributed by atoms with Crippen LogP contribution in [-0.4, -0.2) is 57.2 Å². The van der Waals surface area contributed by atoms with Gasteiger partial charge in [-0.15, -0.1) is 0 Å². The van der Waals surface area contributed by atoms with Crippen molar-refractivity contribution in [3.63, 3.8) is 0 Å². The number of hydrogen-bond acceptors (Lipinski definition) is 4. The lowest BCUT2D eigenvalue weighted by Gasteiger charge is -2.33. The first-order chi connectivity index (χ1) is 11.8. The van der Waals surface area contributed by atoms with Gasteiger partial charge in [0.05, 0.1) is 19.1 Å². The van der Waals surface area contributed by atoms with E-state index in [1.807, 2.05) is 31.2 Å². The van der Waals surface area contributed by atoms with Crippen molar-refractivity contribution >= 4 is 16.1 Å². The summed E-state index contributed by atoms with van der Waals surface area (Å²) in [6.45, 7) is 2.59. The summed E-state index contributed by atoms with van der Waals surface area (Å²) in [6, 6.07) is 7.37. The molecule has 0 aliphatic carbocycles. The molecule has 1 heterocycles. The van der Waals surface area contributed by atoms with E-state index in [0.29, 0.717) is 19.4 Å². The number of carbonyl (C=O) groups excluding carboxylic acids is 1. The van der Waals surface area contributed by atoms with Crippen LogP contribution in [0.15, 0.2) is 24.3 Å². The summed E-state index contributed by atoms with van der Waals surface area (Å²) < 4.78 is 32.2. The molecule has 1 aromatic rings. The molecule has 0 aromatic heterocycles. The van der Waals surface area contributed by atoms with Crippen LogP contribution in [0, 0.1) is 5.92 Å². The standard InChI is InChI=1S/C17H27N3O4S/c1-13(14-7-9-16(24-4)10-8-14)18-17(21)15-6-5-11-20(12-15)25(22,23)19(2)3/h7-10,13,15H,5-6,11-12H2,1-4H3,(H,18,21)/t13-,15-/m0/s1. The summed E-state index contributed by atoms with van der Waals surface area (Å²) in [5.41, 5.74) is 0.975. The van der Waals surface area contributed by atoms with Gasteiger partial charge in [0.2, 0.25) is 5.91 Å². The van der Waals surface area contributed by atoms with Gasteiger partial charge in [-0.05, 0) is 37.5 Å². The first-order valence-corrected chi connectivity index (χ1v) is 9.77. The molecule has 1 saturated heterocycles. The Kier molecular flexibility index (Phi) is 6.42. The fraction of sp³-hybridized carbons (Fsp3) is 0.588. The van der Waals surface area contributed by atoms with E-state index in [1.165, 1.54) is 22.7 Å². The second-order valence-electron chi connectivity index (χ2n) is 6.49. The first-order valence-electron chi connectivity index (χ1n) is 8.37. The Bertz CT molecular complexity index is 688. The minimum atomic E-state index is -3.48. The second-order valence-corrected chi connectivity index (χ2v) is 8.63. The number of benzene rings is 1. The van der Waals surface area contributed by atoms with Gasteiger partial charge in [-0.2, -0.15) is 17.0 Å². The smallest absolute Gasteiger partial charge is 0.281 e. The fourth-order valence-corrected chi connectivity index (χ4v) is 4.09. The Hall–Kier alpha value is -1.64. The highest BCUT2D eigenvalue weighted by Gasteiger charge is 2.33. The van der Waals surface area contributed by atoms with E-state index in [2.05, 4.69) is 5.32 Å². The van der Waals surface area contributed by atoms with Gasteiger partial charge in [0, 0.05) is 27.2 Å². The van der Waals surface area contributed by atoms with Crippen LogP contribution in [0.5, 0.6) is 5.75 Å². The normalized spacial score (nSPS) is 20.3. The first kappa shape index (κ1) is 19.7. The second kappa shape index (κ2) is 8.16. The molecule has 140 valence electrons. The van der Waals surface area contributed by atoms with Gasteiger partial charge >= 0.3 is 0 Å². The number of ether oxygens (including phenoxy) is 1. The SMILES string of the molecule is COc1ccc([C@H](C)NC(=O)[C@H]2CCCN(S(=O)(=O)N(C)C)C2)cc1. The van der Waals surface area contributed by atoms with Crippen molar-refractivity contribution in [2.75, 3.05) is 34.3 Å². The molecule has 1 aliphatic heterocycles. The van der Waals surface area contributed by atoms with Gasteiger partial charge in [0.15, 0.2) is 0 Å². The van der Waals surface area contributed by atoms with Crippen LogP contribution in [0.4, 0.5) is 0 Å². The van der Waals surface area contributed by atoms with Crippen molar-refractivity contribution in [3.05, 3.63) is 29.8 Å². The van der Waals surface area contributed by atoms with E-state index in [9.17, 15) is 13.2 Å². The van der Waals surface area contributed by atoms with Crippen LogP contribution in [0.3, 0.4) is 0 Å². The number of nitrogens with zero attached hydrogens (tertiary/aromatic N) is 2. The van der Waals surface area contributed by atoms with E-state index < -0.39 is 10.2 Å². The average Bonchev–Trinajstić information content (AvgIpc) is 2.61. The van der Waals surface area contributed by atoms with Gasteiger partial charge < -0.3 is 10.1 Å². The Labute approximate surface area is 150 Å². The van der Waals surface area contributed by atoms with Crippen molar-refractivity contribution in [3.8, 4) is 5.75 Å². The fourth-order valence-electron chi connectivity index (χ4n) is 2.90. The molecule has 2 atom stereocenters. The number of rotatable bonds is 6. The van der Waals surface area contributed by atoms with Crippen molar-refractivity contribution in [2.24, 2.45) is 5.92 Å². The highest BCUT2D eigenvalue weighted by atomic mass is 32.2. The molecule has 2 rings (SSSR count). The number of methoxy groups -OCH3 is 1. The van der Waals surface area contributed by atoms with Crippen molar-refractivity contribution < 1.29 is 17.9 Å². The van der Waals surface area contributed by atoms with Gasteiger partial charge in [-0.1, -0.05) is 12.1 Å². The number of amides is 1. The lowest BCUT2D eigenvalue weighted by Crippen LogP contribution is -2.49. The van der Waals surface area contributed by atoms with Crippen LogP contribution in [0.25, 0.3) is 0 Å². The molecule has 0 bridgehead atoms. The molecule has 0 unspecified atom stereocenters. The minimum absolute atomic E-state index is 0.109. The minimum Gasteiger partial charge on any atom is -0.497 e. The number of hydrogen-bond donors (Lipinski definition) is 1. The molecular formula is C17H27N3O4S. The molecule has 7 nitrogen and oxygen atoms in total. The largest absolute Gasteiger partial charge is 0.497 e. The highest BCUT2D eigenvalue weighted by molar-refractivity contribution is 7.86. The van der Waals surface area contributed by atoms with E-state index in [1.54, 1.807) is 7.11 Å². The third-order valence-electron chi connectivity index (χ3n) is 4.52. The third kappa shape index (κ3) is 4.71. The summed E-state index contributed by atoms with van der Waals surface area (Å²) in [7, 11) is 1.14. The van der Waals surface area contributed by atoms with E-state index >= 15 is 0 Å². The third-order valence-corrected chi connectivity index (χ3v) is 6.42. The summed E-state index contributed by atoms with van der Waals surface area (Å²) in [5.74, 6) is 0.324. The maximum atomic E-state index is 12.6. The molecule has 8 heteroatoms. The van der Waals surface area contributed by atoms with Gasteiger partial charge in [-0.25, -0.2) is 0 Å². The molecule has 0 radical (unpaired) electrons. The predicted molar refractivity (Wildman–Crippen MR) is 96.5 cm³/mol. The molecular weight excluding hydrogens is 342 g/mol. The predicted octanol–water partition coefficient (Wildman–Crippen LogP) is 1.39. The maximum Gasteiger partial charge on any atom is 0.281 e. The molecule has 1 fully saturated rings. The monoisotopic (exact) mass is 369 g/mol. The lowest BCUT2D eigenvalue weighted by molar-refractivity contribution is -0.126. The maximum absolute atomic E-state index is 12.6. The number of piperidine rings is 1. The Morgan fingerprint density at radius 2 is 1.96 bits per heavy atom. The average molecular weight is 369 g/mol. The van der Waals surface area contributed by atoms with Crippen LogP contribution < -0.4 is 10.1 Å². The zero-order valence-corrected chi connectivity index (χ0v) is 16.0. The molecule has 1 amide bonds. The summed E-state index contributed by atoms with van der Waals surface area (Å²) in [4.78, 5) is 12.6. The zero-order valence-electron chi connectivity index (χ0n) is 15.2. The Balaban J connectivity index is 1.99. The molecule has 1 N–H and O–H groups in total. The lowest BCUT2D eigenvalue weighted by atomic mass is 9.98. The topological polar surface area (TPSA) is 79.0 Å². The number of nitrogens with one attached hydrogen (secondary N) is 1. The molecule has 0 saturated carbocycles. The van der Waals surface area contributed by atoms with Crippen molar-refractivity contribution in [1.82, 2.24) is 13.9 Å². The molecule has 0 spiro atoms. The van der Waals surface area contributed by atoms with Crippen LogP contribution in [-0.2, 0) is 15.0 Å². The van der Waals surface area contributed by atoms with Gasteiger partial charge in [-0.3, -0.25) is 4.79 Å². The zero-order chi connectivity index (χ0) is 18.6. The van der Waals surface area contributed by atoms with Gasteiger partial charge in [0.1, 0.15) is 5.75 Å². The summed E-state index contributed by atoms with van der Waals surface area (Å²) in [5, 5.41) is 2.99. The van der Waals surface area contributed by atoms with Crippen molar-refractivity contribution in [2.45, 2.75) is 25.8 Å². The van der Waals surface area contributed by atoms with E-state index in [0.717, 1.165) is 11.3 Å².